The Morgan fingerprint density at radius 1 is 1.44 bits per heavy atom. The van der Waals surface area contributed by atoms with Crippen LogP contribution in [0.15, 0.2) is 18.2 Å². The van der Waals surface area contributed by atoms with Gasteiger partial charge in [0.1, 0.15) is 0 Å². The Morgan fingerprint density at radius 2 is 2.11 bits per heavy atom. The predicted octanol–water partition coefficient (Wildman–Crippen LogP) is 3.11. The van der Waals surface area contributed by atoms with Crippen molar-refractivity contribution < 1.29 is 9.31 Å². The highest BCUT2D eigenvalue weighted by atomic mass is 19.1. The van der Waals surface area contributed by atoms with Crippen LogP contribution < -0.4 is 0 Å². The minimum absolute atomic E-state index is 0.401. The molecule has 1 saturated carbocycles. The molecule has 0 amide bonds. The molecule has 0 atom stereocenters. The summed E-state index contributed by atoms with van der Waals surface area (Å²) in [7, 11) is 1.95. The van der Waals surface area contributed by atoms with E-state index in [0.717, 1.165) is 12.8 Å². The Hall–Kier alpha value is -1.49. The third kappa shape index (κ3) is 2.67. The molecular formula is C13H17FN2O2. The van der Waals surface area contributed by atoms with Gasteiger partial charge in [0.05, 0.1) is 4.92 Å². The van der Waals surface area contributed by atoms with Crippen LogP contribution >= 0.6 is 0 Å². The van der Waals surface area contributed by atoms with Gasteiger partial charge in [-0.05, 0) is 19.9 Å². The Kier molecular flexibility index (Phi) is 3.91. The molecule has 0 aromatic heterocycles. The maximum Gasteiger partial charge on any atom is 0.305 e. The van der Waals surface area contributed by atoms with Crippen LogP contribution in [0, 0.1) is 15.9 Å². The first-order chi connectivity index (χ1) is 8.59. The van der Waals surface area contributed by atoms with Gasteiger partial charge in [-0.3, -0.25) is 15.0 Å². The average Bonchev–Trinajstić information content (AvgIpc) is 2.85. The fourth-order valence-electron chi connectivity index (χ4n) is 2.57. The van der Waals surface area contributed by atoms with Gasteiger partial charge in [-0.1, -0.05) is 25.0 Å². The number of benzene rings is 1. The van der Waals surface area contributed by atoms with Gasteiger partial charge in [0.25, 0.3) is 0 Å². The molecule has 18 heavy (non-hydrogen) atoms. The van der Waals surface area contributed by atoms with Crippen LogP contribution in [0.1, 0.15) is 31.2 Å². The lowest BCUT2D eigenvalue weighted by molar-refractivity contribution is -0.387. The molecule has 5 heteroatoms. The molecule has 4 nitrogen and oxygen atoms in total. The summed E-state index contributed by atoms with van der Waals surface area (Å²) < 4.78 is 13.9. The molecule has 1 aliphatic rings. The SMILES string of the molecule is CN(Cc1cccc([N+](=O)[O-])c1F)C1CCCC1. The van der Waals surface area contributed by atoms with Gasteiger partial charge >= 0.3 is 5.69 Å². The van der Waals surface area contributed by atoms with Crippen LogP contribution in [-0.4, -0.2) is 22.9 Å². The summed E-state index contributed by atoms with van der Waals surface area (Å²) >= 11 is 0. The predicted molar refractivity (Wildman–Crippen MR) is 66.8 cm³/mol. The number of hydrogen-bond donors (Lipinski definition) is 0. The molecule has 0 N–H and O–H groups in total. The minimum Gasteiger partial charge on any atom is -0.299 e. The van der Waals surface area contributed by atoms with Gasteiger partial charge in [-0.2, -0.15) is 4.39 Å². The zero-order chi connectivity index (χ0) is 13.1. The Morgan fingerprint density at radius 3 is 2.72 bits per heavy atom. The maximum absolute atomic E-state index is 13.9. The van der Waals surface area contributed by atoms with Crippen molar-refractivity contribution in [3.63, 3.8) is 0 Å². The van der Waals surface area contributed by atoms with E-state index in [-0.39, 0.29) is 0 Å². The highest BCUT2D eigenvalue weighted by Gasteiger charge is 2.22. The van der Waals surface area contributed by atoms with E-state index in [4.69, 9.17) is 0 Å². The summed E-state index contributed by atoms with van der Waals surface area (Å²) in [6, 6.07) is 4.84. The normalized spacial score (nSPS) is 16.4. The third-order valence-electron chi connectivity index (χ3n) is 3.62. The second kappa shape index (κ2) is 5.44. The molecule has 0 heterocycles. The number of nitro groups is 1. The van der Waals surface area contributed by atoms with Crippen molar-refractivity contribution in [1.29, 1.82) is 0 Å². The topological polar surface area (TPSA) is 46.4 Å². The van der Waals surface area contributed by atoms with Crippen molar-refractivity contribution in [2.45, 2.75) is 38.3 Å². The lowest BCUT2D eigenvalue weighted by Gasteiger charge is -2.24. The number of halogens is 1. The van der Waals surface area contributed by atoms with Crippen molar-refractivity contribution >= 4 is 5.69 Å². The molecule has 0 saturated heterocycles. The minimum atomic E-state index is -0.702. The van der Waals surface area contributed by atoms with E-state index < -0.39 is 16.4 Å². The van der Waals surface area contributed by atoms with Crippen LogP contribution in [0.5, 0.6) is 0 Å². The third-order valence-corrected chi connectivity index (χ3v) is 3.62. The number of hydrogen-bond acceptors (Lipinski definition) is 3. The monoisotopic (exact) mass is 252 g/mol. The first-order valence-corrected chi connectivity index (χ1v) is 6.21. The van der Waals surface area contributed by atoms with E-state index >= 15 is 0 Å². The van der Waals surface area contributed by atoms with Crippen molar-refractivity contribution in [1.82, 2.24) is 4.90 Å². The summed E-state index contributed by atoms with van der Waals surface area (Å²) in [5.74, 6) is -0.702. The molecule has 2 rings (SSSR count). The Labute approximate surface area is 106 Å². The summed E-state index contributed by atoms with van der Waals surface area (Å²) in [6.45, 7) is 0.429. The summed E-state index contributed by atoms with van der Waals surface area (Å²) in [4.78, 5) is 12.1. The fourth-order valence-corrected chi connectivity index (χ4v) is 2.57. The van der Waals surface area contributed by atoms with Crippen LogP contribution in [0.4, 0.5) is 10.1 Å². The van der Waals surface area contributed by atoms with Crippen molar-refractivity contribution in [2.24, 2.45) is 0 Å². The molecule has 1 aromatic rings. The first-order valence-electron chi connectivity index (χ1n) is 6.21. The Bertz CT molecular complexity index is 445. The number of rotatable bonds is 4. The standard InChI is InChI=1S/C13H17FN2O2/c1-15(11-6-2-3-7-11)9-10-5-4-8-12(13(10)14)16(17)18/h4-5,8,11H,2-3,6-7,9H2,1H3. The molecule has 1 aliphatic carbocycles. The molecule has 1 fully saturated rings. The lowest BCUT2D eigenvalue weighted by Crippen LogP contribution is -2.28. The average molecular weight is 252 g/mol. The van der Waals surface area contributed by atoms with Crippen molar-refractivity contribution in [3.05, 3.63) is 39.7 Å². The van der Waals surface area contributed by atoms with E-state index in [1.165, 1.54) is 18.9 Å². The maximum atomic E-state index is 13.9. The van der Waals surface area contributed by atoms with Crippen LogP contribution in [0.25, 0.3) is 0 Å². The van der Waals surface area contributed by atoms with Gasteiger partial charge in [0.15, 0.2) is 0 Å². The smallest absolute Gasteiger partial charge is 0.299 e. The van der Waals surface area contributed by atoms with E-state index in [1.807, 2.05) is 7.05 Å². The van der Waals surface area contributed by atoms with E-state index in [1.54, 1.807) is 12.1 Å². The highest BCUT2D eigenvalue weighted by Crippen LogP contribution is 2.26. The molecular weight excluding hydrogens is 235 g/mol. The zero-order valence-corrected chi connectivity index (χ0v) is 10.4. The molecule has 0 spiro atoms. The van der Waals surface area contributed by atoms with Crippen LogP contribution in [0.2, 0.25) is 0 Å². The largest absolute Gasteiger partial charge is 0.305 e. The second-order valence-electron chi connectivity index (χ2n) is 4.86. The summed E-state index contributed by atoms with van der Waals surface area (Å²) in [5.41, 5.74) is -0.0362. The van der Waals surface area contributed by atoms with Gasteiger partial charge in [-0.15, -0.1) is 0 Å². The van der Waals surface area contributed by atoms with Crippen LogP contribution in [0.3, 0.4) is 0 Å². The van der Waals surface area contributed by atoms with E-state index in [0.29, 0.717) is 18.2 Å². The highest BCUT2D eigenvalue weighted by molar-refractivity contribution is 5.36. The molecule has 1 aromatic carbocycles. The van der Waals surface area contributed by atoms with Gasteiger partial charge < -0.3 is 0 Å². The molecule has 0 aliphatic heterocycles. The molecule has 0 bridgehead atoms. The number of nitro benzene ring substituents is 1. The molecule has 98 valence electrons. The second-order valence-corrected chi connectivity index (χ2v) is 4.86. The fraction of sp³-hybridized carbons (Fsp3) is 0.538. The zero-order valence-electron chi connectivity index (χ0n) is 10.4. The van der Waals surface area contributed by atoms with E-state index in [9.17, 15) is 14.5 Å². The van der Waals surface area contributed by atoms with Crippen LogP contribution in [-0.2, 0) is 6.54 Å². The summed E-state index contributed by atoms with van der Waals surface area (Å²) in [6.07, 6.45) is 4.69. The quantitative estimate of drug-likeness (QED) is 0.611. The molecule has 0 unspecified atom stereocenters. The van der Waals surface area contributed by atoms with Gasteiger partial charge in [-0.25, -0.2) is 0 Å². The lowest BCUT2D eigenvalue weighted by atomic mass is 10.1. The van der Waals surface area contributed by atoms with Crippen molar-refractivity contribution in [3.8, 4) is 0 Å². The molecule has 0 radical (unpaired) electrons. The number of nitrogens with zero attached hydrogens (tertiary/aromatic N) is 2. The van der Waals surface area contributed by atoms with Gasteiger partial charge in [0.2, 0.25) is 5.82 Å². The Balaban J connectivity index is 2.13. The first kappa shape index (κ1) is 13.0. The van der Waals surface area contributed by atoms with Crippen molar-refractivity contribution in [2.75, 3.05) is 7.05 Å². The summed E-state index contributed by atoms with van der Waals surface area (Å²) in [5, 5.41) is 10.7. The van der Waals surface area contributed by atoms with E-state index in [2.05, 4.69) is 4.90 Å². The van der Waals surface area contributed by atoms with Gasteiger partial charge in [0, 0.05) is 24.2 Å².